The van der Waals surface area contributed by atoms with Crippen LogP contribution in [0.25, 0.3) is 16.6 Å². The van der Waals surface area contributed by atoms with E-state index in [1.165, 1.54) is 0 Å². The largest absolute Gasteiger partial charge is 0.497 e. The summed E-state index contributed by atoms with van der Waals surface area (Å²) in [7, 11) is 1.62. The number of fused-ring (bicyclic) bond motifs is 1. The summed E-state index contributed by atoms with van der Waals surface area (Å²) in [6, 6.07) is 7.51. The minimum atomic E-state index is -0.220. The highest BCUT2D eigenvalue weighted by Crippen LogP contribution is 2.21. The topological polar surface area (TPSA) is 72.8 Å². The van der Waals surface area contributed by atoms with Crippen LogP contribution in [0.1, 0.15) is 11.4 Å². The molecule has 1 aromatic carbocycles. The fraction of sp³-hybridized carbons (Fsp3) is 0.214. The molecule has 0 unspecified atom stereocenters. The Labute approximate surface area is 115 Å². The van der Waals surface area contributed by atoms with Crippen LogP contribution in [-0.4, -0.2) is 27.1 Å². The molecule has 1 N–H and O–H groups in total. The summed E-state index contributed by atoms with van der Waals surface area (Å²) in [5.41, 5.74) is 2.77. The van der Waals surface area contributed by atoms with Crippen LogP contribution in [0.5, 0.6) is 5.75 Å². The van der Waals surface area contributed by atoms with Crippen molar-refractivity contribution in [1.82, 2.24) is 20.0 Å². The number of nitrogens with zero attached hydrogens (tertiary/aromatic N) is 3. The van der Waals surface area contributed by atoms with Crippen molar-refractivity contribution < 1.29 is 4.74 Å². The zero-order chi connectivity index (χ0) is 14.3. The predicted molar refractivity (Wildman–Crippen MR) is 75.5 cm³/mol. The van der Waals surface area contributed by atoms with Crippen LogP contribution in [0.3, 0.4) is 0 Å². The van der Waals surface area contributed by atoms with Crippen molar-refractivity contribution in [2.45, 2.75) is 13.8 Å². The van der Waals surface area contributed by atoms with Gasteiger partial charge in [-0.3, -0.25) is 4.79 Å². The van der Waals surface area contributed by atoms with Gasteiger partial charge in [0, 0.05) is 0 Å². The third-order valence-electron chi connectivity index (χ3n) is 3.33. The van der Waals surface area contributed by atoms with Crippen molar-refractivity contribution in [2.75, 3.05) is 7.11 Å². The van der Waals surface area contributed by atoms with E-state index >= 15 is 0 Å². The fourth-order valence-electron chi connectivity index (χ4n) is 2.25. The van der Waals surface area contributed by atoms with Crippen LogP contribution in [0.2, 0.25) is 0 Å². The molecule has 0 spiro atoms. The van der Waals surface area contributed by atoms with Gasteiger partial charge in [-0.05, 0) is 38.1 Å². The van der Waals surface area contributed by atoms with Crippen molar-refractivity contribution in [3.05, 3.63) is 46.0 Å². The third kappa shape index (κ3) is 1.77. The summed E-state index contributed by atoms with van der Waals surface area (Å²) in [5, 5.41) is 11.5. The van der Waals surface area contributed by atoms with Crippen molar-refractivity contribution >= 4 is 10.9 Å². The Hall–Kier alpha value is -2.63. The first-order valence-corrected chi connectivity index (χ1v) is 6.21. The van der Waals surface area contributed by atoms with Crippen LogP contribution in [0.4, 0.5) is 0 Å². The van der Waals surface area contributed by atoms with Crippen molar-refractivity contribution in [2.24, 2.45) is 0 Å². The molecule has 0 bridgehead atoms. The molecule has 6 heteroatoms. The van der Waals surface area contributed by atoms with E-state index in [-0.39, 0.29) is 5.56 Å². The second-order valence-corrected chi connectivity index (χ2v) is 4.56. The zero-order valence-corrected chi connectivity index (χ0v) is 11.5. The van der Waals surface area contributed by atoms with E-state index in [2.05, 4.69) is 15.3 Å². The summed E-state index contributed by atoms with van der Waals surface area (Å²) in [5.74, 6) is 0.777. The van der Waals surface area contributed by atoms with E-state index < -0.39 is 0 Å². The Kier molecular flexibility index (Phi) is 2.78. The molecule has 0 aliphatic carbocycles. The molecule has 3 aromatic rings. The summed E-state index contributed by atoms with van der Waals surface area (Å²) in [6.07, 6.45) is 0. The lowest BCUT2D eigenvalue weighted by molar-refractivity contribution is 0.414. The van der Waals surface area contributed by atoms with Gasteiger partial charge in [-0.15, -0.1) is 0 Å². The lowest BCUT2D eigenvalue weighted by Gasteiger charge is -2.05. The Balaban J connectivity index is 2.26. The smallest absolute Gasteiger partial charge is 0.275 e. The van der Waals surface area contributed by atoms with Gasteiger partial charge in [0.15, 0.2) is 0 Å². The number of rotatable bonds is 2. The summed E-state index contributed by atoms with van der Waals surface area (Å²) in [6.45, 7) is 3.69. The second kappa shape index (κ2) is 4.48. The number of hydrogen-bond donors (Lipinski definition) is 1. The predicted octanol–water partition coefficient (Wildman–Crippen LogP) is 1.73. The van der Waals surface area contributed by atoms with Crippen molar-refractivity contribution in [3.8, 4) is 11.4 Å². The number of methoxy groups -OCH3 is 1. The lowest BCUT2D eigenvalue weighted by Crippen LogP contribution is -2.09. The van der Waals surface area contributed by atoms with Gasteiger partial charge >= 0.3 is 0 Å². The van der Waals surface area contributed by atoms with Gasteiger partial charge in [-0.25, -0.2) is 9.78 Å². The molecule has 3 rings (SSSR count). The number of H-pyrrole nitrogens is 1. The highest BCUT2D eigenvalue weighted by Gasteiger charge is 2.14. The highest BCUT2D eigenvalue weighted by molar-refractivity contribution is 5.82. The number of ether oxygens (including phenoxy) is 1. The van der Waals surface area contributed by atoms with Crippen molar-refractivity contribution in [3.63, 3.8) is 0 Å². The Morgan fingerprint density at radius 1 is 1.20 bits per heavy atom. The molecular weight excluding hydrogens is 256 g/mol. The van der Waals surface area contributed by atoms with E-state index in [0.29, 0.717) is 16.6 Å². The minimum Gasteiger partial charge on any atom is -0.497 e. The first-order chi connectivity index (χ1) is 9.61. The molecule has 2 heterocycles. The number of aromatic amines is 1. The highest BCUT2D eigenvalue weighted by atomic mass is 16.5. The number of hydrogen-bond acceptors (Lipinski definition) is 4. The summed E-state index contributed by atoms with van der Waals surface area (Å²) < 4.78 is 6.88. The van der Waals surface area contributed by atoms with Gasteiger partial charge in [0.05, 0.1) is 29.6 Å². The average molecular weight is 270 g/mol. The van der Waals surface area contributed by atoms with Gasteiger partial charge in [0.25, 0.3) is 5.56 Å². The average Bonchev–Trinajstić information content (AvgIpc) is 2.82. The molecule has 6 nitrogen and oxygen atoms in total. The third-order valence-corrected chi connectivity index (χ3v) is 3.33. The molecule has 0 aliphatic rings. The normalized spacial score (nSPS) is 10.9. The molecule has 0 aliphatic heterocycles. The molecule has 0 saturated heterocycles. The van der Waals surface area contributed by atoms with E-state index in [1.807, 2.05) is 38.1 Å². The monoisotopic (exact) mass is 270 g/mol. The maximum atomic E-state index is 11.9. The number of aryl methyl sites for hydroxylation is 2. The second-order valence-electron chi connectivity index (χ2n) is 4.56. The van der Waals surface area contributed by atoms with Gasteiger partial charge in [0.2, 0.25) is 0 Å². The molecule has 102 valence electrons. The lowest BCUT2D eigenvalue weighted by atomic mass is 10.2. The fourth-order valence-corrected chi connectivity index (χ4v) is 2.25. The number of nitrogens with one attached hydrogen (secondary N) is 1. The van der Waals surface area contributed by atoms with Crippen LogP contribution < -0.4 is 10.3 Å². The maximum Gasteiger partial charge on any atom is 0.275 e. The first-order valence-electron chi connectivity index (χ1n) is 6.21. The van der Waals surface area contributed by atoms with Gasteiger partial charge in [-0.2, -0.15) is 10.2 Å². The molecule has 0 atom stereocenters. The van der Waals surface area contributed by atoms with Crippen molar-refractivity contribution in [1.29, 1.82) is 0 Å². The molecule has 0 fully saturated rings. The molecule has 0 radical (unpaired) electrons. The van der Waals surface area contributed by atoms with Crippen LogP contribution in [-0.2, 0) is 0 Å². The van der Waals surface area contributed by atoms with Gasteiger partial charge in [0.1, 0.15) is 11.3 Å². The van der Waals surface area contributed by atoms with E-state index in [1.54, 1.807) is 11.8 Å². The van der Waals surface area contributed by atoms with Crippen LogP contribution >= 0.6 is 0 Å². The number of benzene rings is 1. The van der Waals surface area contributed by atoms with Gasteiger partial charge in [-0.1, -0.05) is 0 Å². The SMILES string of the molecule is COc1ccc(-n2nc3c(C)n[nH]c(=O)c3c2C)cc1. The summed E-state index contributed by atoms with van der Waals surface area (Å²) in [4.78, 5) is 11.9. The minimum absolute atomic E-state index is 0.220. The quantitative estimate of drug-likeness (QED) is 0.769. The maximum absolute atomic E-state index is 11.9. The molecule has 0 amide bonds. The zero-order valence-electron chi connectivity index (χ0n) is 11.5. The van der Waals surface area contributed by atoms with E-state index in [0.717, 1.165) is 17.1 Å². The van der Waals surface area contributed by atoms with Gasteiger partial charge < -0.3 is 4.74 Å². The molecule has 0 saturated carbocycles. The summed E-state index contributed by atoms with van der Waals surface area (Å²) >= 11 is 0. The number of aromatic nitrogens is 4. The molecule has 20 heavy (non-hydrogen) atoms. The first kappa shape index (κ1) is 12.4. The Morgan fingerprint density at radius 3 is 2.50 bits per heavy atom. The Morgan fingerprint density at radius 2 is 1.90 bits per heavy atom. The van der Waals surface area contributed by atoms with Crippen LogP contribution in [0, 0.1) is 13.8 Å². The van der Waals surface area contributed by atoms with E-state index in [9.17, 15) is 4.79 Å². The van der Waals surface area contributed by atoms with E-state index in [4.69, 9.17) is 4.74 Å². The standard InChI is InChI=1S/C14H14N4O2/c1-8-13-12(14(19)16-15-8)9(2)18(17-13)10-4-6-11(20-3)7-5-10/h4-7H,1-3H3,(H,16,19). The van der Waals surface area contributed by atoms with Crippen LogP contribution in [0.15, 0.2) is 29.1 Å². The molecular formula is C14H14N4O2. The molecule has 2 aromatic heterocycles. The Bertz CT molecular complexity index is 831.